The minimum absolute atomic E-state index is 0.169. The van der Waals surface area contributed by atoms with E-state index in [-0.39, 0.29) is 6.03 Å². The van der Waals surface area contributed by atoms with Gasteiger partial charge in [-0.05, 0) is 36.5 Å². The number of carbonyl (C=O) groups is 1. The highest BCUT2D eigenvalue weighted by atomic mass is 16.3. The van der Waals surface area contributed by atoms with Crippen molar-refractivity contribution in [1.82, 2.24) is 15.2 Å². The lowest BCUT2D eigenvalue weighted by Crippen LogP contribution is -2.41. The van der Waals surface area contributed by atoms with Crippen LogP contribution < -0.4 is 10.2 Å². The zero-order valence-corrected chi connectivity index (χ0v) is 12.9. The Morgan fingerprint density at radius 1 is 1.48 bits per heavy atom. The number of hydrogen-bond acceptors (Lipinski definition) is 4. The highest BCUT2D eigenvalue weighted by Crippen LogP contribution is 2.32. The summed E-state index contributed by atoms with van der Waals surface area (Å²) < 4.78 is 0. The van der Waals surface area contributed by atoms with Crippen molar-refractivity contribution in [1.29, 1.82) is 0 Å². The third kappa shape index (κ3) is 4.60. The minimum atomic E-state index is -0.401. The molecule has 2 N–H and O–H groups in total. The highest BCUT2D eigenvalue weighted by molar-refractivity contribution is 5.73. The first-order valence-corrected chi connectivity index (χ1v) is 7.26. The number of nitrogens with zero attached hydrogens (tertiary/aromatic N) is 3. The van der Waals surface area contributed by atoms with Gasteiger partial charge in [-0.2, -0.15) is 0 Å². The third-order valence-electron chi connectivity index (χ3n) is 3.69. The van der Waals surface area contributed by atoms with E-state index in [1.54, 1.807) is 13.2 Å². The van der Waals surface area contributed by atoms with Crippen molar-refractivity contribution in [2.24, 2.45) is 5.92 Å². The second-order valence-corrected chi connectivity index (χ2v) is 5.86. The van der Waals surface area contributed by atoms with Crippen LogP contribution in [0.25, 0.3) is 0 Å². The molecular formula is C15H24N4O2. The number of nitrogens with one attached hydrogen (secondary N) is 1. The minimum Gasteiger partial charge on any atom is -0.391 e. The summed E-state index contributed by atoms with van der Waals surface area (Å²) in [6.07, 6.45) is 3.47. The Balaban J connectivity index is 1.81. The first kappa shape index (κ1) is 15.6. The molecule has 2 amide bonds. The molecule has 116 valence electrons. The molecule has 1 unspecified atom stereocenters. The average molecular weight is 292 g/mol. The SMILES string of the molecule is CN(CC(O)C1CC1)C(=O)NCc1ccnc(N(C)C)c1. The smallest absolute Gasteiger partial charge is 0.317 e. The molecule has 0 aromatic carbocycles. The molecular weight excluding hydrogens is 268 g/mol. The number of rotatable bonds is 6. The van der Waals surface area contributed by atoms with Crippen LogP contribution in [0.3, 0.4) is 0 Å². The van der Waals surface area contributed by atoms with E-state index in [0.29, 0.717) is 19.0 Å². The topological polar surface area (TPSA) is 68.7 Å². The Morgan fingerprint density at radius 3 is 2.81 bits per heavy atom. The molecule has 0 bridgehead atoms. The van der Waals surface area contributed by atoms with Crippen molar-refractivity contribution in [3.63, 3.8) is 0 Å². The van der Waals surface area contributed by atoms with Crippen LogP contribution >= 0.6 is 0 Å². The highest BCUT2D eigenvalue weighted by Gasteiger charge is 2.31. The van der Waals surface area contributed by atoms with E-state index in [2.05, 4.69) is 10.3 Å². The fourth-order valence-corrected chi connectivity index (χ4v) is 2.12. The first-order chi connectivity index (χ1) is 9.97. The Labute approximate surface area is 125 Å². The van der Waals surface area contributed by atoms with Gasteiger partial charge in [0, 0.05) is 40.4 Å². The Kier molecular flexibility index (Phi) is 5.01. The van der Waals surface area contributed by atoms with E-state index >= 15 is 0 Å². The van der Waals surface area contributed by atoms with Gasteiger partial charge in [-0.3, -0.25) is 0 Å². The molecule has 21 heavy (non-hydrogen) atoms. The number of anilines is 1. The summed E-state index contributed by atoms with van der Waals surface area (Å²) in [6, 6.07) is 3.66. The molecule has 6 heteroatoms. The lowest BCUT2D eigenvalue weighted by molar-refractivity contribution is 0.113. The molecule has 0 saturated heterocycles. The Hall–Kier alpha value is -1.82. The van der Waals surface area contributed by atoms with Gasteiger partial charge in [0.2, 0.25) is 0 Å². The number of aliphatic hydroxyl groups is 1. The van der Waals surface area contributed by atoms with Crippen molar-refractivity contribution in [2.75, 3.05) is 32.6 Å². The van der Waals surface area contributed by atoms with Gasteiger partial charge in [0.05, 0.1) is 6.10 Å². The summed E-state index contributed by atoms with van der Waals surface area (Å²) in [7, 11) is 5.56. The largest absolute Gasteiger partial charge is 0.391 e. The molecule has 6 nitrogen and oxygen atoms in total. The molecule has 1 aliphatic rings. The number of pyridine rings is 1. The van der Waals surface area contributed by atoms with Gasteiger partial charge < -0.3 is 20.2 Å². The van der Waals surface area contributed by atoms with Gasteiger partial charge in [0.15, 0.2) is 0 Å². The van der Waals surface area contributed by atoms with Crippen LogP contribution in [0.4, 0.5) is 10.6 Å². The van der Waals surface area contributed by atoms with Crippen molar-refractivity contribution in [3.8, 4) is 0 Å². The van der Waals surface area contributed by atoms with E-state index in [4.69, 9.17) is 0 Å². The number of carbonyl (C=O) groups excluding carboxylic acids is 1. The normalized spacial score (nSPS) is 15.4. The molecule has 1 saturated carbocycles. The molecule has 1 aliphatic carbocycles. The summed E-state index contributed by atoms with van der Waals surface area (Å²) in [6.45, 7) is 0.835. The summed E-state index contributed by atoms with van der Waals surface area (Å²) in [4.78, 5) is 19.7. The predicted molar refractivity (Wildman–Crippen MR) is 82.2 cm³/mol. The lowest BCUT2D eigenvalue weighted by atomic mass is 10.2. The van der Waals surface area contributed by atoms with Gasteiger partial charge >= 0.3 is 6.03 Å². The number of amides is 2. The van der Waals surface area contributed by atoms with Crippen molar-refractivity contribution < 1.29 is 9.90 Å². The van der Waals surface area contributed by atoms with E-state index in [1.165, 1.54) is 4.90 Å². The van der Waals surface area contributed by atoms with E-state index < -0.39 is 6.10 Å². The second kappa shape index (κ2) is 6.76. The number of hydrogen-bond donors (Lipinski definition) is 2. The van der Waals surface area contributed by atoms with Crippen LogP contribution in [-0.4, -0.2) is 54.8 Å². The summed E-state index contributed by atoms with van der Waals surface area (Å²) in [5, 5.41) is 12.7. The zero-order chi connectivity index (χ0) is 15.4. The van der Waals surface area contributed by atoms with Gasteiger partial charge in [-0.15, -0.1) is 0 Å². The lowest BCUT2D eigenvalue weighted by Gasteiger charge is -2.21. The molecule has 0 aliphatic heterocycles. The molecule has 0 spiro atoms. The van der Waals surface area contributed by atoms with E-state index in [9.17, 15) is 9.90 Å². The van der Waals surface area contributed by atoms with Crippen LogP contribution in [0.15, 0.2) is 18.3 Å². The van der Waals surface area contributed by atoms with Crippen LogP contribution in [-0.2, 0) is 6.54 Å². The maximum atomic E-state index is 12.0. The number of aliphatic hydroxyl groups excluding tert-OH is 1. The van der Waals surface area contributed by atoms with Crippen molar-refractivity contribution in [2.45, 2.75) is 25.5 Å². The monoisotopic (exact) mass is 292 g/mol. The summed E-state index contributed by atoms with van der Waals surface area (Å²) in [5.41, 5.74) is 0.998. The molecule has 1 aromatic rings. The predicted octanol–water partition coefficient (Wildman–Crippen LogP) is 1.06. The maximum absolute atomic E-state index is 12.0. The van der Waals surface area contributed by atoms with E-state index in [0.717, 1.165) is 24.2 Å². The van der Waals surface area contributed by atoms with Crippen LogP contribution in [0.1, 0.15) is 18.4 Å². The summed E-state index contributed by atoms with van der Waals surface area (Å²) in [5.74, 6) is 1.24. The van der Waals surface area contributed by atoms with Crippen LogP contribution in [0.2, 0.25) is 0 Å². The van der Waals surface area contributed by atoms with Gasteiger partial charge in [0.25, 0.3) is 0 Å². The first-order valence-electron chi connectivity index (χ1n) is 7.26. The van der Waals surface area contributed by atoms with Crippen LogP contribution in [0.5, 0.6) is 0 Å². The fourth-order valence-electron chi connectivity index (χ4n) is 2.12. The maximum Gasteiger partial charge on any atom is 0.317 e. The zero-order valence-electron chi connectivity index (χ0n) is 12.9. The molecule has 1 fully saturated rings. The fraction of sp³-hybridized carbons (Fsp3) is 0.600. The standard InChI is InChI=1S/C15H24N4O2/c1-18(2)14-8-11(6-7-16-14)9-17-15(21)19(3)10-13(20)12-4-5-12/h6-8,12-13,20H,4-5,9-10H2,1-3H3,(H,17,21). The number of urea groups is 1. The second-order valence-electron chi connectivity index (χ2n) is 5.86. The summed E-state index contributed by atoms with van der Waals surface area (Å²) >= 11 is 0. The van der Waals surface area contributed by atoms with Gasteiger partial charge in [0.1, 0.15) is 5.82 Å². The molecule has 1 atom stereocenters. The number of likely N-dealkylation sites (N-methyl/N-ethyl adjacent to an activating group) is 1. The molecule has 0 radical (unpaired) electrons. The molecule has 2 rings (SSSR count). The van der Waals surface area contributed by atoms with Gasteiger partial charge in [-0.25, -0.2) is 9.78 Å². The molecule has 1 aromatic heterocycles. The van der Waals surface area contributed by atoms with E-state index in [1.807, 2.05) is 31.1 Å². The quantitative estimate of drug-likeness (QED) is 0.822. The average Bonchev–Trinajstić information content (AvgIpc) is 3.29. The Morgan fingerprint density at radius 2 is 2.19 bits per heavy atom. The van der Waals surface area contributed by atoms with Crippen molar-refractivity contribution >= 4 is 11.8 Å². The third-order valence-corrected chi connectivity index (χ3v) is 3.69. The van der Waals surface area contributed by atoms with Crippen LogP contribution in [0, 0.1) is 5.92 Å². The Bertz CT molecular complexity index is 488. The number of aromatic nitrogens is 1. The molecule has 1 heterocycles. The van der Waals surface area contributed by atoms with Gasteiger partial charge in [-0.1, -0.05) is 0 Å². The van der Waals surface area contributed by atoms with Crippen molar-refractivity contribution in [3.05, 3.63) is 23.9 Å².